The molecule has 2 aromatic carbocycles. The van der Waals surface area contributed by atoms with Crippen molar-refractivity contribution in [2.45, 2.75) is 65.1 Å². The third kappa shape index (κ3) is 6.87. The lowest BCUT2D eigenvalue weighted by Crippen LogP contribution is -2.24. The molecule has 0 saturated heterocycles. The number of nitrogens with two attached hydrogens (primary N) is 2. The van der Waals surface area contributed by atoms with Gasteiger partial charge >= 0.3 is 0 Å². The molecular weight excluding hydrogens is 324 g/mol. The summed E-state index contributed by atoms with van der Waals surface area (Å²) in [6.07, 6.45) is 7.91. The zero-order chi connectivity index (χ0) is 18.8. The molecule has 0 radical (unpaired) electrons. The molecule has 0 saturated carbocycles. The minimum Gasteiger partial charge on any atom is -0.455 e. The second kappa shape index (κ2) is 10.6. The summed E-state index contributed by atoms with van der Waals surface area (Å²) in [4.78, 5) is 0. The number of rotatable bonds is 11. The largest absolute Gasteiger partial charge is 0.455 e. The topological polar surface area (TPSA) is 70.5 Å². The van der Waals surface area contributed by atoms with Crippen molar-refractivity contribution in [3.63, 3.8) is 0 Å². The molecule has 0 spiro atoms. The van der Waals surface area contributed by atoms with Crippen LogP contribution < -0.4 is 20.9 Å². The summed E-state index contributed by atoms with van der Waals surface area (Å²) in [6.45, 7) is 4.22. The molecule has 26 heavy (non-hydrogen) atoms. The standard InChI is InChI=1S/C22H32N2O2/c1-3-4-5-6-7-8-9-22(25-19-14-11-18(23)12-15-19)26-20-13-10-17(2)21(24)16-20/h10-16,22H,3-9,23-24H2,1-2H3. The van der Waals surface area contributed by atoms with Gasteiger partial charge in [-0.3, -0.25) is 0 Å². The van der Waals surface area contributed by atoms with E-state index in [1.165, 1.54) is 32.1 Å². The van der Waals surface area contributed by atoms with Crippen LogP contribution in [-0.2, 0) is 0 Å². The fourth-order valence-corrected chi connectivity index (χ4v) is 2.78. The van der Waals surface area contributed by atoms with Crippen LogP contribution in [-0.4, -0.2) is 6.29 Å². The van der Waals surface area contributed by atoms with E-state index in [4.69, 9.17) is 20.9 Å². The zero-order valence-electron chi connectivity index (χ0n) is 16.0. The molecule has 1 unspecified atom stereocenters. The van der Waals surface area contributed by atoms with Gasteiger partial charge in [-0.1, -0.05) is 45.1 Å². The Morgan fingerprint density at radius 2 is 1.42 bits per heavy atom. The summed E-state index contributed by atoms with van der Waals surface area (Å²) in [5.41, 5.74) is 14.2. The maximum atomic E-state index is 6.08. The van der Waals surface area contributed by atoms with Crippen molar-refractivity contribution in [1.82, 2.24) is 0 Å². The molecule has 4 heteroatoms. The van der Waals surface area contributed by atoms with Gasteiger partial charge in [-0.15, -0.1) is 0 Å². The number of hydrogen-bond donors (Lipinski definition) is 2. The Labute approximate surface area is 157 Å². The van der Waals surface area contributed by atoms with Gasteiger partial charge in [0.1, 0.15) is 11.5 Å². The number of unbranched alkanes of at least 4 members (excludes halogenated alkanes) is 5. The predicted molar refractivity (Wildman–Crippen MR) is 109 cm³/mol. The van der Waals surface area contributed by atoms with Gasteiger partial charge in [-0.2, -0.15) is 0 Å². The lowest BCUT2D eigenvalue weighted by Gasteiger charge is -2.21. The average Bonchev–Trinajstić information content (AvgIpc) is 2.63. The predicted octanol–water partition coefficient (Wildman–Crippen LogP) is 5.69. The molecule has 4 N–H and O–H groups in total. The third-order valence-corrected chi connectivity index (χ3v) is 4.46. The van der Waals surface area contributed by atoms with E-state index in [1.807, 2.05) is 49.4 Å². The normalized spacial score (nSPS) is 11.9. The quantitative estimate of drug-likeness (QED) is 0.308. The first-order chi connectivity index (χ1) is 12.6. The van der Waals surface area contributed by atoms with Gasteiger partial charge in [-0.25, -0.2) is 0 Å². The fourth-order valence-electron chi connectivity index (χ4n) is 2.78. The second-order valence-electron chi connectivity index (χ2n) is 6.81. The molecule has 0 amide bonds. The van der Waals surface area contributed by atoms with Crippen molar-refractivity contribution < 1.29 is 9.47 Å². The molecule has 1 atom stereocenters. The number of benzene rings is 2. The van der Waals surface area contributed by atoms with Crippen LogP contribution in [0.4, 0.5) is 11.4 Å². The number of ether oxygens (including phenoxy) is 2. The van der Waals surface area contributed by atoms with E-state index in [0.29, 0.717) is 0 Å². The lowest BCUT2D eigenvalue weighted by atomic mass is 10.1. The summed E-state index contributed by atoms with van der Waals surface area (Å²) < 4.78 is 12.1. The van der Waals surface area contributed by atoms with E-state index >= 15 is 0 Å². The SMILES string of the molecule is CCCCCCCCC(Oc1ccc(N)cc1)Oc1ccc(C)c(N)c1. The van der Waals surface area contributed by atoms with Crippen LogP contribution in [0.2, 0.25) is 0 Å². The Morgan fingerprint density at radius 1 is 0.808 bits per heavy atom. The van der Waals surface area contributed by atoms with Gasteiger partial charge in [-0.05, 0) is 49.2 Å². The molecule has 0 bridgehead atoms. The minimum atomic E-state index is -0.341. The van der Waals surface area contributed by atoms with E-state index in [1.54, 1.807) is 0 Å². The Kier molecular flexibility index (Phi) is 8.13. The fraction of sp³-hybridized carbons (Fsp3) is 0.455. The van der Waals surface area contributed by atoms with E-state index < -0.39 is 0 Å². The molecule has 0 heterocycles. The van der Waals surface area contributed by atoms with Gasteiger partial charge in [0, 0.05) is 23.9 Å². The van der Waals surface area contributed by atoms with Crippen molar-refractivity contribution in [3.05, 3.63) is 48.0 Å². The van der Waals surface area contributed by atoms with E-state index in [9.17, 15) is 0 Å². The molecule has 142 valence electrons. The van der Waals surface area contributed by atoms with Crippen LogP contribution in [0.5, 0.6) is 11.5 Å². The van der Waals surface area contributed by atoms with Crippen molar-refractivity contribution in [1.29, 1.82) is 0 Å². The van der Waals surface area contributed by atoms with Crippen molar-refractivity contribution in [3.8, 4) is 11.5 Å². The summed E-state index contributed by atoms with van der Waals surface area (Å²) in [6, 6.07) is 13.2. The molecule has 4 nitrogen and oxygen atoms in total. The number of anilines is 2. The zero-order valence-corrected chi connectivity index (χ0v) is 16.0. The van der Waals surface area contributed by atoms with Crippen LogP contribution in [0, 0.1) is 6.92 Å². The minimum absolute atomic E-state index is 0.341. The maximum absolute atomic E-state index is 6.08. The van der Waals surface area contributed by atoms with Gasteiger partial charge in [0.15, 0.2) is 0 Å². The van der Waals surface area contributed by atoms with Crippen molar-refractivity contribution in [2.24, 2.45) is 0 Å². The molecule has 0 fully saturated rings. The van der Waals surface area contributed by atoms with Gasteiger partial charge in [0.05, 0.1) is 0 Å². The van der Waals surface area contributed by atoms with Gasteiger partial charge < -0.3 is 20.9 Å². The summed E-state index contributed by atoms with van der Waals surface area (Å²) in [7, 11) is 0. The lowest BCUT2D eigenvalue weighted by molar-refractivity contribution is -0.00240. The number of aryl methyl sites for hydroxylation is 1. The van der Waals surface area contributed by atoms with Crippen LogP contribution in [0.1, 0.15) is 57.4 Å². The van der Waals surface area contributed by atoms with Crippen molar-refractivity contribution in [2.75, 3.05) is 11.5 Å². The first-order valence-corrected chi connectivity index (χ1v) is 9.63. The van der Waals surface area contributed by atoms with Crippen LogP contribution in [0.15, 0.2) is 42.5 Å². The first-order valence-electron chi connectivity index (χ1n) is 9.63. The number of hydrogen-bond acceptors (Lipinski definition) is 4. The first kappa shape index (κ1) is 20.0. The Morgan fingerprint density at radius 3 is 2.12 bits per heavy atom. The molecule has 0 aliphatic carbocycles. The number of nitrogen functional groups attached to an aromatic ring is 2. The van der Waals surface area contributed by atoms with E-state index in [0.717, 1.165) is 41.3 Å². The van der Waals surface area contributed by atoms with Crippen molar-refractivity contribution >= 4 is 11.4 Å². The second-order valence-corrected chi connectivity index (χ2v) is 6.81. The average molecular weight is 357 g/mol. The van der Waals surface area contributed by atoms with Gasteiger partial charge in [0.2, 0.25) is 6.29 Å². The molecule has 2 aromatic rings. The van der Waals surface area contributed by atoms with E-state index in [2.05, 4.69) is 6.92 Å². The Balaban J connectivity index is 1.95. The molecule has 0 aromatic heterocycles. The van der Waals surface area contributed by atoms with Gasteiger partial charge in [0.25, 0.3) is 0 Å². The molecule has 0 aliphatic rings. The summed E-state index contributed by atoms with van der Waals surface area (Å²) >= 11 is 0. The van der Waals surface area contributed by atoms with Crippen LogP contribution in [0.25, 0.3) is 0 Å². The smallest absolute Gasteiger partial charge is 0.241 e. The summed E-state index contributed by atoms with van der Waals surface area (Å²) in [5.74, 6) is 1.50. The van der Waals surface area contributed by atoms with E-state index in [-0.39, 0.29) is 6.29 Å². The molecule has 2 rings (SSSR count). The highest BCUT2D eigenvalue weighted by molar-refractivity contribution is 5.50. The molecular formula is C22H32N2O2. The highest BCUT2D eigenvalue weighted by atomic mass is 16.7. The maximum Gasteiger partial charge on any atom is 0.241 e. The highest BCUT2D eigenvalue weighted by Crippen LogP contribution is 2.24. The third-order valence-electron chi connectivity index (χ3n) is 4.46. The van der Waals surface area contributed by atoms with Crippen LogP contribution in [0.3, 0.4) is 0 Å². The Bertz CT molecular complexity index is 656. The Hall–Kier alpha value is -2.36. The monoisotopic (exact) mass is 356 g/mol. The highest BCUT2D eigenvalue weighted by Gasteiger charge is 2.13. The van der Waals surface area contributed by atoms with Crippen LogP contribution >= 0.6 is 0 Å². The molecule has 0 aliphatic heterocycles. The summed E-state index contributed by atoms with van der Waals surface area (Å²) in [5, 5.41) is 0.